The van der Waals surface area contributed by atoms with Gasteiger partial charge in [-0.1, -0.05) is 26.0 Å². The highest BCUT2D eigenvalue weighted by molar-refractivity contribution is 6.05. The van der Waals surface area contributed by atoms with Crippen LogP contribution < -0.4 is 4.74 Å². The van der Waals surface area contributed by atoms with Crippen molar-refractivity contribution in [2.75, 3.05) is 13.2 Å². The van der Waals surface area contributed by atoms with Crippen molar-refractivity contribution in [1.82, 2.24) is 4.90 Å². The van der Waals surface area contributed by atoms with Gasteiger partial charge in [-0.05, 0) is 37.5 Å². The van der Waals surface area contributed by atoms with Crippen LogP contribution in [0.3, 0.4) is 0 Å². The van der Waals surface area contributed by atoms with Crippen molar-refractivity contribution < 1.29 is 19.4 Å². The molecule has 1 aliphatic heterocycles. The molecule has 0 spiro atoms. The lowest BCUT2D eigenvalue weighted by atomic mass is 9.92. The number of hydrogen-bond donors (Lipinski definition) is 1. The van der Waals surface area contributed by atoms with E-state index in [-0.39, 0.29) is 31.4 Å². The normalized spacial score (nSPS) is 18.4. The molecule has 5 heteroatoms. The average molecular weight is 319 g/mol. The molecule has 1 heterocycles. The monoisotopic (exact) mass is 319 g/mol. The number of likely N-dealkylation sites (tertiary alicyclic amines) is 1. The van der Waals surface area contributed by atoms with Crippen LogP contribution in [-0.2, 0) is 9.59 Å². The fourth-order valence-corrected chi connectivity index (χ4v) is 2.80. The van der Waals surface area contributed by atoms with Crippen LogP contribution in [-0.4, -0.2) is 41.1 Å². The summed E-state index contributed by atoms with van der Waals surface area (Å²) in [6.07, 6.45) is -0.716. The third-order valence-corrected chi connectivity index (χ3v) is 4.41. The van der Waals surface area contributed by atoms with Gasteiger partial charge in [0.1, 0.15) is 18.5 Å². The number of carbonyl (C=O) groups is 2. The summed E-state index contributed by atoms with van der Waals surface area (Å²) in [4.78, 5) is 25.2. The second-order valence-corrected chi connectivity index (χ2v) is 6.99. The molecule has 1 aliphatic rings. The van der Waals surface area contributed by atoms with Gasteiger partial charge < -0.3 is 9.84 Å². The third-order valence-electron chi connectivity index (χ3n) is 4.41. The maximum atomic E-state index is 12.2. The first kappa shape index (κ1) is 17.5. The summed E-state index contributed by atoms with van der Waals surface area (Å²) in [5, 5.41) is 10.2. The molecule has 0 unspecified atom stereocenters. The Labute approximate surface area is 137 Å². The number of aliphatic hydroxyl groups excluding tert-OH is 1. The zero-order valence-corrected chi connectivity index (χ0v) is 14.5. The van der Waals surface area contributed by atoms with Gasteiger partial charge in [-0.15, -0.1) is 0 Å². The highest BCUT2D eigenvalue weighted by atomic mass is 16.5. The number of amides is 2. The van der Waals surface area contributed by atoms with Crippen molar-refractivity contribution in [1.29, 1.82) is 0 Å². The van der Waals surface area contributed by atoms with Gasteiger partial charge in [0.05, 0.1) is 12.0 Å². The molecule has 2 amide bonds. The van der Waals surface area contributed by atoms with E-state index in [1.54, 1.807) is 13.8 Å². The average Bonchev–Trinajstić information content (AvgIpc) is 2.65. The molecule has 0 aliphatic carbocycles. The Morgan fingerprint density at radius 3 is 2.39 bits per heavy atom. The van der Waals surface area contributed by atoms with Gasteiger partial charge in [-0.3, -0.25) is 14.5 Å². The number of rotatable bonds is 5. The molecule has 2 rings (SSSR count). The van der Waals surface area contributed by atoms with Crippen molar-refractivity contribution in [2.45, 2.75) is 47.1 Å². The minimum atomic E-state index is -0.906. The Bertz CT molecular complexity index is 636. The number of nitrogens with zero attached hydrogens (tertiary/aromatic N) is 1. The third kappa shape index (κ3) is 3.55. The van der Waals surface area contributed by atoms with Gasteiger partial charge in [0.25, 0.3) is 0 Å². The zero-order chi connectivity index (χ0) is 17.4. The second-order valence-electron chi connectivity index (χ2n) is 6.99. The van der Waals surface area contributed by atoms with Crippen molar-refractivity contribution in [3.63, 3.8) is 0 Å². The van der Waals surface area contributed by atoms with Crippen LogP contribution in [0, 0.1) is 26.2 Å². The number of ether oxygens (including phenoxy) is 1. The molecule has 0 radical (unpaired) electrons. The lowest BCUT2D eigenvalue weighted by Crippen LogP contribution is -2.40. The molecule has 1 aromatic rings. The van der Waals surface area contributed by atoms with Crippen LogP contribution in [0.1, 0.15) is 37.0 Å². The van der Waals surface area contributed by atoms with Crippen LogP contribution >= 0.6 is 0 Å². The van der Waals surface area contributed by atoms with E-state index in [2.05, 4.69) is 0 Å². The molecule has 1 saturated heterocycles. The Balaban J connectivity index is 1.99. The quantitative estimate of drug-likeness (QED) is 0.844. The first-order valence-electron chi connectivity index (χ1n) is 7.86. The molecule has 126 valence electrons. The Morgan fingerprint density at radius 1 is 1.22 bits per heavy atom. The lowest BCUT2D eigenvalue weighted by Gasteiger charge is -2.22. The molecule has 5 nitrogen and oxygen atoms in total. The van der Waals surface area contributed by atoms with Crippen molar-refractivity contribution in [3.05, 3.63) is 28.8 Å². The summed E-state index contributed by atoms with van der Waals surface area (Å²) < 4.78 is 5.74. The molecule has 0 bridgehead atoms. The summed E-state index contributed by atoms with van der Waals surface area (Å²) >= 11 is 0. The Hall–Kier alpha value is -1.88. The first-order chi connectivity index (χ1) is 10.6. The molecular weight excluding hydrogens is 294 g/mol. The predicted octanol–water partition coefficient (Wildman–Crippen LogP) is 2.14. The van der Waals surface area contributed by atoms with Gasteiger partial charge in [0.15, 0.2) is 0 Å². The van der Waals surface area contributed by atoms with Gasteiger partial charge in [-0.25, -0.2) is 0 Å². The SMILES string of the molecule is Cc1ccc(C)c(OC[C@H](O)CN2C(=O)CC(C)(C)C2=O)c1C. The van der Waals surface area contributed by atoms with Crippen LogP contribution in [0.5, 0.6) is 5.75 Å². The fraction of sp³-hybridized carbons (Fsp3) is 0.556. The minimum absolute atomic E-state index is 0.0228. The van der Waals surface area contributed by atoms with Crippen molar-refractivity contribution in [2.24, 2.45) is 5.41 Å². The van der Waals surface area contributed by atoms with Gasteiger partial charge in [0.2, 0.25) is 11.8 Å². The van der Waals surface area contributed by atoms with E-state index in [4.69, 9.17) is 4.74 Å². The highest BCUT2D eigenvalue weighted by Gasteiger charge is 2.45. The molecule has 1 aromatic carbocycles. The number of imide groups is 1. The van der Waals surface area contributed by atoms with E-state index >= 15 is 0 Å². The largest absolute Gasteiger partial charge is 0.490 e. The summed E-state index contributed by atoms with van der Waals surface area (Å²) in [6, 6.07) is 4.00. The molecule has 0 aromatic heterocycles. The molecule has 1 fully saturated rings. The van der Waals surface area contributed by atoms with E-state index in [1.807, 2.05) is 32.9 Å². The summed E-state index contributed by atoms with van der Waals surface area (Å²) in [5.41, 5.74) is 2.47. The van der Waals surface area contributed by atoms with E-state index in [0.717, 1.165) is 27.3 Å². The zero-order valence-electron chi connectivity index (χ0n) is 14.5. The smallest absolute Gasteiger partial charge is 0.235 e. The maximum Gasteiger partial charge on any atom is 0.235 e. The maximum absolute atomic E-state index is 12.2. The Morgan fingerprint density at radius 2 is 1.83 bits per heavy atom. The highest BCUT2D eigenvalue weighted by Crippen LogP contribution is 2.31. The number of aliphatic hydroxyl groups is 1. The Kier molecular flexibility index (Phi) is 4.80. The molecule has 0 saturated carbocycles. The van der Waals surface area contributed by atoms with E-state index in [0.29, 0.717) is 0 Å². The van der Waals surface area contributed by atoms with Crippen LogP contribution in [0.4, 0.5) is 0 Å². The van der Waals surface area contributed by atoms with Gasteiger partial charge in [-0.2, -0.15) is 0 Å². The van der Waals surface area contributed by atoms with E-state index in [1.165, 1.54) is 0 Å². The van der Waals surface area contributed by atoms with Crippen molar-refractivity contribution in [3.8, 4) is 5.75 Å². The van der Waals surface area contributed by atoms with Crippen LogP contribution in [0.25, 0.3) is 0 Å². The summed E-state index contributed by atoms with van der Waals surface area (Å²) in [7, 11) is 0. The topological polar surface area (TPSA) is 66.8 Å². The van der Waals surface area contributed by atoms with Crippen molar-refractivity contribution >= 4 is 11.8 Å². The number of benzene rings is 1. The number of aryl methyl sites for hydroxylation is 2. The van der Waals surface area contributed by atoms with Crippen LogP contribution in [0.15, 0.2) is 12.1 Å². The molecular formula is C18H25NO4. The lowest BCUT2D eigenvalue weighted by molar-refractivity contribution is -0.142. The number of hydrogen-bond acceptors (Lipinski definition) is 4. The van der Waals surface area contributed by atoms with E-state index in [9.17, 15) is 14.7 Å². The first-order valence-corrected chi connectivity index (χ1v) is 7.86. The van der Waals surface area contributed by atoms with E-state index < -0.39 is 11.5 Å². The van der Waals surface area contributed by atoms with Crippen LogP contribution in [0.2, 0.25) is 0 Å². The molecule has 1 atom stereocenters. The minimum Gasteiger partial charge on any atom is -0.490 e. The number of carbonyl (C=O) groups excluding carboxylic acids is 2. The predicted molar refractivity (Wildman–Crippen MR) is 87.3 cm³/mol. The standard InChI is InChI=1S/C18H25NO4/c1-11-6-7-12(2)16(13(11)3)23-10-14(20)9-19-15(21)8-18(4,5)17(19)22/h6-7,14,20H,8-10H2,1-5H3/t14-/m1/s1. The summed E-state index contributed by atoms with van der Waals surface area (Å²) in [6.45, 7) is 9.44. The molecule has 23 heavy (non-hydrogen) atoms. The summed E-state index contributed by atoms with van der Waals surface area (Å²) in [5.74, 6) is 0.287. The molecule has 1 N–H and O–H groups in total. The number of β-amino-alcohol motifs (C(OH)–C–C–N with tert-alkyl or cyclic N) is 1. The fourth-order valence-electron chi connectivity index (χ4n) is 2.80. The van der Waals surface area contributed by atoms with Gasteiger partial charge >= 0.3 is 0 Å². The second kappa shape index (κ2) is 6.32. The van der Waals surface area contributed by atoms with Gasteiger partial charge in [0, 0.05) is 6.42 Å².